The third kappa shape index (κ3) is 1.59. The van der Waals surface area contributed by atoms with Crippen molar-refractivity contribution in [3.63, 3.8) is 0 Å². The van der Waals surface area contributed by atoms with Crippen LogP contribution in [0, 0.1) is 0 Å². The molecule has 54 valence electrons. The van der Waals surface area contributed by atoms with Gasteiger partial charge in [0.25, 0.3) is 0 Å². The molecule has 0 saturated carbocycles. The molecule has 3 heteroatoms. The maximum atomic E-state index is 5.63. The molecule has 0 aliphatic carbocycles. The quantitative estimate of drug-likeness (QED) is 0.677. The summed E-state index contributed by atoms with van der Waals surface area (Å²) in [6.07, 6.45) is 0. The van der Waals surface area contributed by atoms with Crippen molar-refractivity contribution >= 4 is 19.2 Å². The van der Waals surface area contributed by atoms with Crippen LogP contribution < -0.4 is 0 Å². The van der Waals surface area contributed by atoms with Gasteiger partial charge in [-0.15, -0.1) is 0 Å². The predicted molar refractivity (Wildman–Crippen MR) is 38.6 cm³/mol. The van der Waals surface area contributed by atoms with Crippen molar-refractivity contribution < 1.29 is 6.15 Å². The van der Waals surface area contributed by atoms with Gasteiger partial charge in [-0.3, -0.25) is 0 Å². The van der Waals surface area contributed by atoms with Gasteiger partial charge >= 0.3 is 61.3 Å². The molecule has 9 heavy (non-hydrogen) atoms. The van der Waals surface area contributed by atoms with Crippen LogP contribution in [0.5, 0.6) is 0 Å². The molecule has 0 N–H and O–H groups in total. The van der Waals surface area contributed by atoms with Gasteiger partial charge in [-0.2, -0.15) is 0 Å². The van der Waals surface area contributed by atoms with E-state index in [2.05, 4.69) is 13.8 Å². The summed E-state index contributed by atoms with van der Waals surface area (Å²) < 4.78 is 13.6. The molecule has 2 nitrogen and oxygen atoms in total. The van der Waals surface area contributed by atoms with Gasteiger partial charge in [0.1, 0.15) is 0 Å². The first-order valence-electron chi connectivity index (χ1n) is 3.61. The zero-order chi connectivity index (χ0) is 6.74. The van der Waals surface area contributed by atoms with Crippen LogP contribution in [0.25, 0.3) is 0 Å². The van der Waals surface area contributed by atoms with Crippen molar-refractivity contribution in [2.45, 2.75) is 22.7 Å². The molecule has 1 aliphatic heterocycles. The number of hydrogen-bond donors (Lipinski definition) is 0. The Balaban J connectivity index is 2.45. The Kier molecular flexibility index (Phi) is 2.79. The molecule has 1 fully saturated rings. The summed E-state index contributed by atoms with van der Waals surface area (Å²) in [7, 11) is 0. The van der Waals surface area contributed by atoms with E-state index in [-0.39, 0.29) is 0 Å². The zero-order valence-corrected chi connectivity index (χ0v) is 9.00. The van der Waals surface area contributed by atoms with Crippen LogP contribution in [0.15, 0.2) is 0 Å². The van der Waals surface area contributed by atoms with Gasteiger partial charge in [0.15, 0.2) is 0 Å². The fourth-order valence-electron chi connectivity index (χ4n) is 1.16. The van der Waals surface area contributed by atoms with Crippen LogP contribution in [-0.4, -0.2) is 32.4 Å². The van der Waals surface area contributed by atoms with Gasteiger partial charge in [-0.05, 0) is 0 Å². The van der Waals surface area contributed by atoms with E-state index in [4.69, 9.17) is 6.15 Å². The molecule has 0 spiro atoms. The standard InChI is InChI=1S/C2H4O2.2C2H5.Sn/c3-1-2-4;2*1-2;/h1-2H2;2*1H2,2H3;/q-2;;;+2. The fourth-order valence-corrected chi connectivity index (χ4v) is 7.75. The Hall–Kier alpha value is 0.719. The number of rotatable bonds is 2. The van der Waals surface area contributed by atoms with Crippen molar-refractivity contribution in [2.75, 3.05) is 13.2 Å². The van der Waals surface area contributed by atoms with E-state index in [1.165, 1.54) is 8.87 Å². The van der Waals surface area contributed by atoms with E-state index in [1.807, 2.05) is 0 Å². The minimum absolute atomic E-state index is 0.859. The summed E-state index contributed by atoms with van der Waals surface area (Å²) >= 11 is -2.28. The molecule has 0 atom stereocenters. The van der Waals surface area contributed by atoms with Gasteiger partial charge in [0, 0.05) is 0 Å². The molecule has 0 aromatic heterocycles. The van der Waals surface area contributed by atoms with Gasteiger partial charge in [0.05, 0.1) is 0 Å². The Labute approximate surface area is 61.5 Å². The van der Waals surface area contributed by atoms with Crippen molar-refractivity contribution in [3.05, 3.63) is 0 Å². The fraction of sp³-hybridized carbons (Fsp3) is 1.00. The molecule has 0 unspecified atom stereocenters. The summed E-state index contributed by atoms with van der Waals surface area (Å²) in [5.74, 6) is 0. The summed E-state index contributed by atoms with van der Waals surface area (Å²) in [4.78, 5) is 0. The Morgan fingerprint density at radius 2 is 1.56 bits per heavy atom. The zero-order valence-electron chi connectivity index (χ0n) is 6.14. The molecule has 1 rings (SSSR count). The Morgan fingerprint density at radius 3 is 1.78 bits per heavy atom. The second kappa shape index (κ2) is 3.21. The van der Waals surface area contributed by atoms with Crippen LogP contribution in [0.4, 0.5) is 0 Å². The van der Waals surface area contributed by atoms with E-state index in [0.717, 1.165) is 13.2 Å². The van der Waals surface area contributed by atoms with Crippen LogP contribution in [0.3, 0.4) is 0 Å². The Bertz CT molecular complexity index is 83.1. The monoisotopic (exact) mass is 238 g/mol. The summed E-state index contributed by atoms with van der Waals surface area (Å²) in [6.45, 7) is 6.09. The average molecular weight is 237 g/mol. The molecule has 0 radical (unpaired) electrons. The number of hydrogen-bond acceptors (Lipinski definition) is 2. The molecule has 0 bridgehead atoms. The summed E-state index contributed by atoms with van der Waals surface area (Å²) in [5, 5.41) is 0. The van der Waals surface area contributed by atoms with E-state index in [9.17, 15) is 0 Å². The summed E-state index contributed by atoms with van der Waals surface area (Å²) in [6, 6.07) is 0. The van der Waals surface area contributed by atoms with Crippen molar-refractivity contribution in [3.8, 4) is 0 Å². The maximum absolute atomic E-state index is 5.63. The van der Waals surface area contributed by atoms with Gasteiger partial charge in [-0.1, -0.05) is 0 Å². The first-order valence-corrected chi connectivity index (χ1v) is 9.97. The van der Waals surface area contributed by atoms with E-state index < -0.39 is 19.2 Å². The van der Waals surface area contributed by atoms with Crippen LogP contribution >= 0.6 is 0 Å². The molecule has 1 heterocycles. The second-order valence-electron chi connectivity index (χ2n) is 2.31. The average Bonchev–Trinajstić information content (AvgIpc) is 2.36. The van der Waals surface area contributed by atoms with Gasteiger partial charge < -0.3 is 0 Å². The second-order valence-corrected chi connectivity index (χ2v) is 13.2. The third-order valence-electron chi connectivity index (χ3n) is 1.89. The van der Waals surface area contributed by atoms with Crippen LogP contribution in [0.1, 0.15) is 13.8 Å². The van der Waals surface area contributed by atoms with Gasteiger partial charge in [-0.25, -0.2) is 0 Å². The van der Waals surface area contributed by atoms with Crippen LogP contribution in [0.2, 0.25) is 8.87 Å². The van der Waals surface area contributed by atoms with E-state index >= 15 is 0 Å². The topological polar surface area (TPSA) is 18.5 Å². The predicted octanol–water partition coefficient (Wildman–Crippen LogP) is 1.52. The molecular formula is C6H14O2Sn. The van der Waals surface area contributed by atoms with Crippen molar-refractivity contribution in [1.29, 1.82) is 0 Å². The molecule has 0 aromatic carbocycles. The molecule has 1 aliphatic rings. The molecular weight excluding hydrogens is 223 g/mol. The SMILES string of the molecule is C[CH2][Sn]1([CH2]C)[O]CC[O]1. The molecule has 1 saturated heterocycles. The minimum atomic E-state index is -2.28. The normalized spacial score (nSPS) is 24.7. The van der Waals surface area contributed by atoms with Crippen LogP contribution in [-0.2, 0) is 6.15 Å². The van der Waals surface area contributed by atoms with E-state index in [0.29, 0.717) is 0 Å². The third-order valence-corrected chi connectivity index (χ3v) is 12.2. The van der Waals surface area contributed by atoms with Crippen molar-refractivity contribution in [2.24, 2.45) is 0 Å². The van der Waals surface area contributed by atoms with E-state index in [1.54, 1.807) is 0 Å². The Morgan fingerprint density at radius 1 is 1.11 bits per heavy atom. The summed E-state index contributed by atoms with van der Waals surface area (Å²) in [5.41, 5.74) is 0. The first kappa shape index (κ1) is 7.82. The molecule has 0 aromatic rings. The first-order chi connectivity index (χ1) is 4.33. The van der Waals surface area contributed by atoms with Gasteiger partial charge in [0.2, 0.25) is 0 Å². The molecule has 0 amide bonds. The van der Waals surface area contributed by atoms with Crippen molar-refractivity contribution in [1.82, 2.24) is 0 Å².